The SMILES string of the molecule is CC(=O)O[C@@H]1CC[C@@]2(C)[C@@H](CCC3=C4CC[C@H]([C@H](C)/C=C/[C@H](C)C(C)C)[C@]4(C)CC[C@H]32)C1. The van der Waals surface area contributed by atoms with Crippen LogP contribution in [-0.4, -0.2) is 12.1 Å². The van der Waals surface area contributed by atoms with E-state index < -0.39 is 0 Å². The van der Waals surface area contributed by atoms with Gasteiger partial charge in [0.15, 0.2) is 0 Å². The van der Waals surface area contributed by atoms with Crippen LogP contribution in [0.15, 0.2) is 23.3 Å². The lowest BCUT2D eigenvalue weighted by molar-refractivity contribution is -0.152. The topological polar surface area (TPSA) is 26.3 Å². The van der Waals surface area contributed by atoms with Gasteiger partial charge in [0.1, 0.15) is 6.10 Å². The van der Waals surface area contributed by atoms with Gasteiger partial charge in [0.05, 0.1) is 0 Å². The van der Waals surface area contributed by atoms with E-state index in [1.165, 1.54) is 44.9 Å². The highest BCUT2D eigenvalue weighted by molar-refractivity contribution is 5.66. The molecule has 0 spiro atoms. The molecule has 32 heavy (non-hydrogen) atoms. The van der Waals surface area contributed by atoms with E-state index in [9.17, 15) is 4.79 Å². The number of fused-ring (bicyclic) bond motifs is 4. The Morgan fingerprint density at radius 1 is 1.00 bits per heavy atom. The van der Waals surface area contributed by atoms with E-state index in [1.807, 2.05) is 11.1 Å². The number of hydrogen-bond acceptors (Lipinski definition) is 2. The van der Waals surface area contributed by atoms with Crippen LogP contribution in [-0.2, 0) is 9.53 Å². The first kappa shape index (κ1) is 24.1. The largest absolute Gasteiger partial charge is 0.463 e. The maximum atomic E-state index is 11.5. The van der Waals surface area contributed by atoms with Crippen molar-refractivity contribution in [3.8, 4) is 0 Å². The summed E-state index contributed by atoms with van der Waals surface area (Å²) in [5.41, 5.74) is 4.57. The number of ether oxygens (including phenoxy) is 1. The molecule has 0 saturated heterocycles. The van der Waals surface area contributed by atoms with Gasteiger partial charge in [0.25, 0.3) is 0 Å². The third kappa shape index (κ3) is 4.14. The second-order valence-electron chi connectivity index (χ2n) is 12.8. The Kier molecular flexibility index (Phi) is 6.74. The van der Waals surface area contributed by atoms with Crippen LogP contribution in [0, 0.1) is 46.3 Å². The molecule has 8 atom stereocenters. The third-order valence-electron chi connectivity index (χ3n) is 10.8. The summed E-state index contributed by atoms with van der Waals surface area (Å²) in [4.78, 5) is 11.5. The molecule has 180 valence electrons. The van der Waals surface area contributed by atoms with Gasteiger partial charge in [-0.3, -0.25) is 4.79 Å². The average Bonchev–Trinajstić information content (AvgIpc) is 3.08. The summed E-state index contributed by atoms with van der Waals surface area (Å²) in [5, 5.41) is 0. The highest BCUT2D eigenvalue weighted by atomic mass is 16.5. The van der Waals surface area contributed by atoms with Crippen molar-refractivity contribution in [2.45, 2.75) is 112 Å². The molecule has 0 N–H and O–H groups in total. The number of rotatable bonds is 5. The smallest absolute Gasteiger partial charge is 0.302 e. The minimum atomic E-state index is -0.103. The maximum absolute atomic E-state index is 11.5. The fourth-order valence-electron chi connectivity index (χ4n) is 8.38. The van der Waals surface area contributed by atoms with Crippen molar-refractivity contribution >= 4 is 5.97 Å². The lowest BCUT2D eigenvalue weighted by Gasteiger charge is -2.57. The van der Waals surface area contributed by atoms with E-state index in [0.29, 0.717) is 22.7 Å². The molecular formula is C30H48O2. The highest BCUT2D eigenvalue weighted by Gasteiger charge is 2.55. The first-order valence-electron chi connectivity index (χ1n) is 13.6. The first-order valence-corrected chi connectivity index (χ1v) is 13.6. The average molecular weight is 441 g/mol. The van der Waals surface area contributed by atoms with Crippen molar-refractivity contribution in [3.63, 3.8) is 0 Å². The summed E-state index contributed by atoms with van der Waals surface area (Å²) in [5.74, 6) is 4.24. The van der Waals surface area contributed by atoms with Crippen molar-refractivity contribution in [3.05, 3.63) is 23.3 Å². The number of esters is 1. The second kappa shape index (κ2) is 8.95. The van der Waals surface area contributed by atoms with Gasteiger partial charge in [0, 0.05) is 6.92 Å². The summed E-state index contributed by atoms with van der Waals surface area (Å²) in [6.07, 6.45) is 16.6. The summed E-state index contributed by atoms with van der Waals surface area (Å²) >= 11 is 0. The lowest BCUT2D eigenvalue weighted by atomic mass is 9.49. The Morgan fingerprint density at radius 3 is 2.44 bits per heavy atom. The quantitative estimate of drug-likeness (QED) is 0.318. The molecule has 0 amide bonds. The fraction of sp³-hybridized carbons (Fsp3) is 0.833. The fourth-order valence-corrected chi connectivity index (χ4v) is 8.38. The zero-order chi connectivity index (χ0) is 23.3. The van der Waals surface area contributed by atoms with Crippen molar-refractivity contribution in [2.75, 3.05) is 0 Å². The van der Waals surface area contributed by atoms with Gasteiger partial charge in [-0.15, -0.1) is 0 Å². The van der Waals surface area contributed by atoms with Gasteiger partial charge < -0.3 is 4.74 Å². The molecule has 4 aliphatic rings. The number of carbonyl (C=O) groups excluding carboxylic acids is 1. The molecule has 0 aromatic carbocycles. The van der Waals surface area contributed by atoms with Crippen LogP contribution in [0.5, 0.6) is 0 Å². The second-order valence-corrected chi connectivity index (χ2v) is 12.8. The van der Waals surface area contributed by atoms with Crippen LogP contribution in [0.1, 0.15) is 106 Å². The molecule has 2 nitrogen and oxygen atoms in total. The van der Waals surface area contributed by atoms with Crippen molar-refractivity contribution in [1.29, 1.82) is 0 Å². The summed E-state index contributed by atoms with van der Waals surface area (Å²) in [6, 6.07) is 0. The number of carbonyl (C=O) groups is 1. The van der Waals surface area contributed by atoms with Crippen LogP contribution in [0.4, 0.5) is 0 Å². The van der Waals surface area contributed by atoms with E-state index >= 15 is 0 Å². The predicted octanol–water partition coefficient (Wildman–Crippen LogP) is 8.13. The van der Waals surface area contributed by atoms with Gasteiger partial charge in [-0.2, -0.15) is 0 Å². The Hall–Kier alpha value is -1.05. The van der Waals surface area contributed by atoms with Crippen LogP contribution in [0.25, 0.3) is 0 Å². The van der Waals surface area contributed by atoms with Crippen LogP contribution >= 0.6 is 0 Å². The Bertz CT molecular complexity index is 776. The predicted molar refractivity (Wildman–Crippen MR) is 133 cm³/mol. The molecule has 0 aromatic rings. The Morgan fingerprint density at radius 2 is 1.75 bits per heavy atom. The molecule has 3 fully saturated rings. The molecule has 4 rings (SSSR count). The zero-order valence-electron chi connectivity index (χ0n) is 21.9. The summed E-state index contributed by atoms with van der Waals surface area (Å²) in [6.45, 7) is 16.3. The minimum absolute atomic E-state index is 0.103. The molecule has 0 radical (unpaired) electrons. The minimum Gasteiger partial charge on any atom is -0.463 e. The van der Waals surface area contributed by atoms with Crippen molar-refractivity contribution < 1.29 is 9.53 Å². The van der Waals surface area contributed by atoms with E-state index in [0.717, 1.165) is 36.5 Å². The molecule has 0 heterocycles. The summed E-state index contributed by atoms with van der Waals surface area (Å²) in [7, 11) is 0. The van der Waals surface area contributed by atoms with Crippen LogP contribution < -0.4 is 0 Å². The van der Waals surface area contributed by atoms with Gasteiger partial charge in [0.2, 0.25) is 0 Å². The summed E-state index contributed by atoms with van der Waals surface area (Å²) < 4.78 is 5.64. The van der Waals surface area contributed by atoms with E-state index in [1.54, 1.807) is 6.92 Å². The van der Waals surface area contributed by atoms with Gasteiger partial charge in [-0.05, 0) is 104 Å². The van der Waals surface area contributed by atoms with E-state index in [4.69, 9.17) is 4.74 Å². The Balaban J connectivity index is 1.53. The molecule has 0 aliphatic heterocycles. The number of hydrogen-bond donors (Lipinski definition) is 0. The van der Waals surface area contributed by atoms with Crippen molar-refractivity contribution in [1.82, 2.24) is 0 Å². The van der Waals surface area contributed by atoms with Crippen LogP contribution in [0.2, 0.25) is 0 Å². The van der Waals surface area contributed by atoms with Crippen LogP contribution in [0.3, 0.4) is 0 Å². The molecule has 0 aromatic heterocycles. The standard InChI is InChI=1S/C30H48O2/c1-19(2)20(3)8-9-21(4)26-12-13-27-25-11-10-23-18-24(32-22(5)31)14-16-29(23,6)28(25)15-17-30(26,27)7/h8-9,19-21,23-24,26,28H,10-18H2,1-7H3/b9-8+/t20-,21+,23-,24+,26+,28+,29-,30-/m0/s1. The zero-order valence-corrected chi connectivity index (χ0v) is 21.9. The molecule has 0 unspecified atom stereocenters. The molecule has 3 saturated carbocycles. The molecule has 2 heteroatoms. The molecule has 4 aliphatic carbocycles. The Labute approximate surface area is 197 Å². The van der Waals surface area contributed by atoms with Gasteiger partial charge >= 0.3 is 5.97 Å². The third-order valence-corrected chi connectivity index (χ3v) is 10.8. The van der Waals surface area contributed by atoms with Gasteiger partial charge in [-0.25, -0.2) is 0 Å². The normalized spacial score (nSPS) is 41.2. The maximum Gasteiger partial charge on any atom is 0.302 e. The van der Waals surface area contributed by atoms with E-state index in [2.05, 4.69) is 53.7 Å². The monoisotopic (exact) mass is 440 g/mol. The lowest BCUT2D eigenvalue weighted by Crippen LogP contribution is -2.48. The molecule has 0 bridgehead atoms. The first-order chi connectivity index (χ1) is 15.1. The number of allylic oxidation sites excluding steroid dienone is 4. The van der Waals surface area contributed by atoms with Gasteiger partial charge in [-0.1, -0.05) is 64.8 Å². The highest BCUT2D eigenvalue weighted by Crippen LogP contribution is 2.65. The molecular weight excluding hydrogens is 392 g/mol. The van der Waals surface area contributed by atoms with E-state index in [-0.39, 0.29) is 12.1 Å². The van der Waals surface area contributed by atoms with Crippen molar-refractivity contribution in [2.24, 2.45) is 46.3 Å².